The molecule has 5 rings (SSSR count). The molecule has 0 radical (unpaired) electrons. The highest BCUT2D eigenvalue weighted by Crippen LogP contribution is 2.34. The number of pyridine rings is 2. The zero-order valence-corrected chi connectivity index (χ0v) is 16.4. The Balaban J connectivity index is 1.48. The maximum atomic E-state index is 9.95. The van der Waals surface area contributed by atoms with Crippen molar-refractivity contribution in [2.24, 2.45) is 0 Å². The first-order valence-electron chi connectivity index (χ1n) is 9.79. The summed E-state index contributed by atoms with van der Waals surface area (Å²) in [6, 6.07) is 7.47. The third-order valence-electron chi connectivity index (χ3n) is 5.16. The van der Waals surface area contributed by atoms with E-state index >= 15 is 0 Å². The zero-order chi connectivity index (χ0) is 20.5. The van der Waals surface area contributed by atoms with E-state index < -0.39 is 0 Å². The van der Waals surface area contributed by atoms with Crippen molar-refractivity contribution in [3.05, 3.63) is 48.6 Å². The number of β-amino-alcohol motifs (C(OH)–C–C–N with tert-alkyl or cyclic N) is 1. The molecule has 1 unspecified atom stereocenters. The van der Waals surface area contributed by atoms with Crippen LogP contribution in [0.4, 0.5) is 5.82 Å². The molecule has 9 nitrogen and oxygen atoms in total. The van der Waals surface area contributed by atoms with Gasteiger partial charge in [0.15, 0.2) is 0 Å². The van der Waals surface area contributed by atoms with E-state index in [2.05, 4.69) is 30.2 Å². The topological polar surface area (TPSA) is 114 Å². The molecule has 0 aliphatic carbocycles. The molecule has 0 bridgehead atoms. The highest BCUT2D eigenvalue weighted by molar-refractivity contribution is 5.78. The summed E-state index contributed by atoms with van der Waals surface area (Å²) in [5.41, 5.74) is 2.84. The lowest BCUT2D eigenvalue weighted by Gasteiger charge is -2.31. The third kappa shape index (κ3) is 3.43. The fraction of sp³-hybridized carbons (Fsp3) is 0.286. The van der Waals surface area contributed by atoms with E-state index in [1.54, 1.807) is 25.5 Å². The van der Waals surface area contributed by atoms with Crippen LogP contribution in [0.5, 0.6) is 0 Å². The third-order valence-corrected chi connectivity index (χ3v) is 5.16. The molecule has 1 atom stereocenters. The lowest BCUT2D eigenvalue weighted by molar-refractivity contribution is 0.154. The van der Waals surface area contributed by atoms with Crippen molar-refractivity contribution in [1.82, 2.24) is 25.3 Å². The van der Waals surface area contributed by atoms with Gasteiger partial charge in [0.25, 0.3) is 5.89 Å². The number of hydrogen-bond acceptors (Lipinski definition) is 9. The number of aryl methyl sites for hydroxylation is 1. The minimum atomic E-state index is -0.330. The summed E-state index contributed by atoms with van der Waals surface area (Å²) >= 11 is 0. The first-order valence-corrected chi connectivity index (χ1v) is 9.79. The van der Waals surface area contributed by atoms with Crippen LogP contribution in [0.1, 0.15) is 18.6 Å². The lowest BCUT2D eigenvalue weighted by atomic mass is 10.1. The first-order chi connectivity index (χ1) is 14.7. The highest BCUT2D eigenvalue weighted by Gasteiger charge is 2.23. The van der Waals surface area contributed by atoms with Crippen molar-refractivity contribution in [3.8, 4) is 34.1 Å². The van der Waals surface area contributed by atoms with Gasteiger partial charge in [0, 0.05) is 42.8 Å². The molecule has 1 fully saturated rings. The Morgan fingerprint density at radius 2 is 2.07 bits per heavy atom. The second-order valence-electron chi connectivity index (χ2n) is 7.27. The predicted octanol–water partition coefficient (Wildman–Crippen LogP) is 3.12. The standard InChI is InChI=1S/C21H20N6O3/c1-13-18(19(25-29-13)15-4-2-7-22-11-15)21-24-20(26-30-21)14-6-8-23-17(10-14)27-9-3-5-16(28)12-27/h2,4,6-8,10-11,16,28H,3,5,9,12H2,1H3. The minimum Gasteiger partial charge on any atom is -0.391 e. The second kappa shape index (κ2) is 7.68. The summed E-state index contributed by atoms with van der Waals surface area (Å²) in [5, 5.41) is 18.3. The molecule has 0 saturated carbocycles. The van der Waals surface area contributed by atoms with Gasteiger partial charge >= 0.3 is 0 Å². The molecular formula is C21H20N6O3. The molecular weight excluding hydrogens is 384 g/mol. The van der Waals surface area contributed by atoms with Crippen LogP contribution in [0.25, 0.3) is 34.1 Å². The fourth-order valence-electron chi connectivity index (χ4n) is 3.66. The number of aromatic nitrogens is 5. The summed E-state index contributed by atoms with van der Waals surface area (Å²) in [6.07, 6.45) is 6.55. The van der Waals surface area contributed by atoms with Crippen LogP contribution < -0.4 is 4.90 Å². The van der Waals surface area contributed by atoms with Crippen molar-refractivity contribution in [1.29, 1.82) is 0 Å². The Morgan fingerprint density at radius 3 is 2.90 bits per heavy atom. The minimum absolute atomic E-state index is 0.328. The fourth-order valence-corrected chi connectivity index (χ4v) is 3.66. The van der Waals surface area contributed by atoms with Crippen molar-refractivity contribution in [2.45, 2.75) is 25.9 Å². The monoisotopic (exact) mass is 404 g/mol. The Kier molecular flexibility index (Phi) is 4.72. The average Bonchev–Trinajstić information content (AvgIpc) is 3.41. The zero-order valence-electron chi connectivity index (χ0n) is 16.4. The molecule has 0 aromatic carbocycles. The molecule has 1 saturated heterocycles. The molecule has 30 heavy (non-hydrogen) atoms. The maximum Gasteiger partial charge on any atom is 0.264 e. The highest BCUT2D eigenvalue weighted by atomic mass is 16.5. The maximum absolute atomic E-state index is 9.95. The van der Waals surface area contributed by atoms with Gasteiger partial charge in [0.1, 0.15) is 22.8 Å². The van der Waals surface area contributed by atoms with Gasteiger partial charge in [0.05, 0.1) is 6.10 Å². The van der Waals surface area contributed by atoms with E-state index in [0.717, 1.165) is 36.3 Å². The van der Waals surface area contributed by atoms with E-state index in [-0.39, 0.29) is 6.10 Å². The van der Waals surface area contributed by atoms with Gasteiger partial charge in [-0.15, -0.1) is 0 Å². The average molecular weight is 404 g/mol. The van der Waals surface area contributed by atoms with Gasteiger partial charge in [-0.3, -0.25) is 4.98 Å². The molecule has 1 aliphatic rings. The predicted molar refractivity (Wildman–Crippen MR) is 108 cm³/mol. The normalized spacial score (nSPS) is 16.7. The first kappa shape index (κ1) is 18.4. The van der Waals surface area contributed by atoms with Gasteiger partial charge in [-0.1, -0.05) is 10.3 Å². The van der Waals surface area contributed by atoms with Crippen LogP contribution in [0, 0.1) is 6.92 Å². The van der Waals surface area contributed by atoms with Gasteiger partial charge in [0.2, 0.25) is 5.82 Å². The Hall–Kier alpha value is -3.59. The molecule has 4 aromatic heterocycles. The van der Waals surface area contributed by atoms with Crippen molar-refractivity contribution >= 4 is 5.82 Å². The lowest BCUT2D eigenvalue weighted by Crippen LogP contribution is -2.38. The van der Waals surface area contributed by atoms with Crippen molar-refractivity contribution in [2.75, 3.05) is 18.0 Å². The summed E-state index contributed by atoms with van der Waals surface area (Å²) in [5.74, 6) is 2.15. The van der Waals surface area contributed by atoms with E-state index in [1.807, 2.05) is 24.3 Å². The van der Waals surface area contributed by atoms with E-state index in [9.17, 15) is 5.11 Å². The SMILES string of the molecule is Cc1onc(-c2cccnc2)c1-c1nc(-c2ccnc(N3CCCC(O)C3)c2)no1. The van der Waals surface area contributed by atoms with Gasteiger partial charge in [-0.25, -0.2) is 4.98 Å². The van der Waals surface area contributed by atoms with E-state index in [4.69, 9.17) is 9.05 Å². The van der Waals surface area contributed by atoms with E-state index in [0.29, 0.717) is 35.3 Å². The van der Waals surface area contributed by atoms with Crippen LogP contribution in [-0.4, -0.2) is 49.6 Å². The molecule has 0 amide bonds. The second-order valence-corrected chi connectivity index (χ2v) is 7.27. The molecule has 1 N–H and O–H groups in total. The Morgan fingerprint density at radius 1 is 1.13 bits per heavy atom. The van der Waals surface area contributed by atoms with Crippen LogP contribution in [0.15, 0.2) is 51.9 Å². The quantitative estimate of drug-likeness (QED) is 0.548. The molecule has 5 heterocycles. The van der Waals surface area contributed by atoms with Crippen LogP contribution in [0.2, 0.25) is 0 Å². The molecule has 4 aromatic rings. The van der Waals surface area contributed by atoms with Gasteiger partial charge in [-0.05, 0) is 44.0 Å². The number of nitrogens with zero attached hydrogens (tertiary/aromatic N) is 6. The number of piperidine rings is 1. The largest absolute Gasteiger partial charge is 0.391 e. The number of hydrogen-bond donors (Lipinski definition) is 1. The summed E-state index contributed by atoms with van der Waals surface area (Å²) < 4.78 is 10.9. The number of aliphatic hydroxyl groups excluding tert-OH is 1. The summed E-state index contributed by atoms with van der Waals surface area (Å²) in [6.45, 7) is 3.24. The van der Waals surface area contributed by atoms with Gasteiger partial charge in [-0.2, -0.15) is 4.98 Å². The van der Waals surface area contributed by atoms with Crippen LogP contribution in [-0.2, 0) is 0 Å². The smallest absolute Gasteiger partial charge is 0.264 e. The summed E-state index contributed by atoms with van der Waals surface area (Å²) in [4.78, 5) is 15.2. The number of aliphatic hydroxyl groups is 1. The van der Waals surface area contributed by atoms with Crippen LogP contribution >= 0.6 is 0 Å². The van der Waals surface area contributed by atoms with Crippen molar-refractivity contribution in [3.63, 3.8) is 0 Å². The van der Waals surface area contributed by atoms with E-state index in [1.165, 1.54) is 0 Å². The molecule has 9 heteroatoms. The van der Waals surface area contributed by atoms with Crippen LogP contribution in [0.3, 0.4) is 0 Å². The number of rotatable bonds is 4. The Bertz CT molecular complexity index is 1160. The summed E-state index contributed by atoms with van der Waals surface area (Å²) in [7, 11) is 0. The molecule has 0 spiro atoms. The molecule has 152 valence electrons. The molecule has 1 aliphatic heterocycles. The van der Waals surface area contributed by atoms with Gasteiger partial charge < -0.3 is 19.1 Å². The number of anilines is 1. The Labute approximate surface area is 172 Å². The van der Waals surface area contributed by atoms with Crippen molar-refractivity contribution < 1.29 is 14.2 Å².